The number of hydrogen-bond acceptors (Lipinski definition) is 6. The Hall–Kier alpha value is -3.41. The second-order valence-corrected chi connectivity index (χ2v) is 23.1. The Bertz CT molecular complexity index is 1520. The third kappa shape index (κ3) is 65.4. The molecule has 0 aliphatic carbocycles. The fraction of sp³-hybridized carbons (Fsp3) is 0.770. The largest absolute Gasteiger partial charge is 0.462 e. The van der Waals surface area contributed by atoms with Gasteiger partial charge in [0, 0.05) is 19.3 Å². The minimum atomic E-state index is -0.787. The molecule has 6 heteroatoms. The zero-order valence-electron chi connectivity index (χ0n) is 53.1. The number of rotatable bonds is 63. The summed E-state index contributed by atoms with van der Waals surface area (Å²) in [5, 5.41) is 0. The van der Waals surface area contributed by atoms with Crippen molar-refractivity contribution in [1.82, 2.24) is 0 Å². The molecule has 80 heavy (non-hydrogen) atoms. The van der Waals surface area contributed by atoms with Crippen LogP contribution in [0.3, 0.4) is 0 Å². The van der Waals surface area contributed by atoms with Crippen molar-refractivity contribution in [2.24, 2.45) is 0 Å². The Morgan fingerprint density at radius 2 is 0.487 bits per heavy atom. The molecule has 0 rings (SSSR count). The maximum absolute atomic E-state index is 12.9. The van der Waals surface area contributed by atoms with Gasteiger partial charge in [-0.25, -0.2) is 0 Å². The molecule has 1 atom stereocenters. The predicted octanol–water partition coefficient (Wildman–Crippen LogP) is 23.8. The monoisotopic (exact) mass is 1110 g/mol. The van der Waals surface area contributed by atoms with E-state index in [2.05, 4.69) is 106 Å². The highest BCUT2D eigenvalue weighted by Gasteiger charge is 2.19. The van der Waals surface area contributed by atoms with Gasteiger partial charge in [-0.15, -0.1) is 0 Å². The molecule has 0 saturated heterocycles. The maximum Gasteiger partial charge on any atom is 0.306 e. The first-order chi connectivity index (χ1) is 39.5. The van der Waals surface area contributed by atoms with E-state index in [1.54, 1.807) is 0 Å². The van der Waals surface area contributed by atoms with Gasteiger partial charge >= 0.3 is 17.9 Å². The van der Waals surface area contributed by atoms with Crippen LogP contribution in [-0.4, -0.2) is 37.2 Å². The van der Waals surface area contributed by atoms with E-state index in [-0.39, 0.29) is 31.1 Å². The molecular weight excluding hydrogens is 985 g/mol. The summed E-state index contributed by atoms with van der Waals surface area (Å²) in [4.78, 5) is 38.4. The first-order valence-corrected chi connectivity index (χ1v) is 34.6. The summed E-state index contributed by atoms with van der Waals surface area (Å²) in [7, 11) is 0. The Morgan fingerprint density at radius 3 is 0.800 bits per heavy atom. The van der Waals surface area contributed by atoms with Crippen LogP contribution in [0.25, 0.3) is 0 Å². The van der Waals surface area contributed by atoms with E-state index in [0.29, 0.717) is 19.3 Å². The normalized spacial score (nSPS) is 12.6. The Morgan fingerprint density at radius 1 is 0.263 bits per heavy atom. The quantitative estimate of drug-likeness (QED) is 0.0261. The summed E-state index contributed by atoms with van der Waals surface area (Å²) in [6.07, 6.45) is 90.4. The summed E-state index contributed by atoms with van der Waals surface area (Å²) < 4.78 is 16.9. The van der Waals surface area contributed by atoms with Crippen LogP contribution in [0.5, 0.6) is 0 Å². The van der Waals surface area contributed by atoms with Crippen molar-refractivity contribution in [3.8, 4) is 0 Å². The second-order valence-electron chi connectivity index (χ2n) is 23.1. The smallest absolute Gasteiger partial charge is 0.306 e. The zero-order chi connectivity index (χ0) is 57.8. The molecule has 6 nitrogen and oxygen atoms in total. The van der Waals surface area contributed by atoms with Crippen molar-refractivity contribution in [2.45, 2.75) is 354 Å². The van der Waals surface area contributed by atoms with Gasteiger partial charge in [0.05, 0.1) is 0 Å². The van der Waals surface area contributed by atoms with Crippen LogP contribution in [-0.2, 0) is 28.6 Å². The first-order valence-electron chi connectivity index (χ1n) is 34.6. The van der Waals surface area contributed by atoms with Gasteiger partial charge in [0.2, 0.25) is 0 Å². The lowest BCUT2D eigenvalue weighted by Crippen LogP contribution is -2.30. The molecule has 0 aromatic carbocycles. The number of carbonyl (C=O) groups excluding carboxylic acids is 3. The summed E-state index contributed by atoms with van der Waals surface area (Å²) in [6, 6.07) is 0. The molecule has 0 amide bonds. The lowest BCUT2D eigenvalue weighted by Gasteiger charge is -2.18. The summed E-state index contributed by atoms with van der Waals surface area (Å²) in [6.45, 7) is 6.53. The van der Waals surface area contributed by atoms with Crippen LogP contribution >= 0.6 is 0 Å². The fourth-order valence-corrected chi connectivity index (χ4v) is 9.93. The number of allylic oxidation sites excluding steroid dienone is 14. The van der Waals surface area contributed by atoms with Gasteiger partial charge in [0.15, 0.2) is 6.10 Å². The number of ether oxygens (including phenoxy) is 3. The Balaban J connectivity index is 4.26. The standard InChI is InChI=1S/C74H130O6/c1-4-7-10-13-16-19-22-25-27-29-31-33-35-36-37-38-40-41-43-45-47-49-52-55-58-61-64-67-73(76)79-70-71(69-78-72(75)66-63-60-57-54-51-24-21-18-15-12-9-6-3)80-74(77)68-65-62-59-56-53-50-48-46-44-42-39-34-32-30-28-26-23-20-17-14-11-8-5-2/h8,11,17-18,20-21,26,28-29,31-32,34,42,44,71H,4-7,9-10,12-16,19,22-25,27,30,33,35-41,43,45-70H2,1-3H3/b11-8-,20-17-,21-18-,28-26-,31-29-,34-32-,44-42-. The number of esters is 3. The van der Waals surface area contributed by atoms with E-state index >= 15 is 0 Å². The molecule has 0 bridgehead atoms. The van der Waals surface area contributed by atoms with Gasteiger partial charge in [0.25, 0.3) is 0 Å². The van der Waals surface area contributed by atoms with E-state index in [0.717, 1.165) is 103 Å². The second kappa shape index (κ2) is 68.1. The van der Waals surface area contributed by atoms with Crippen LogP contribution in [0.15, 0.2) is 85.1 Å². The predicted molar refractivity (Wildman–Crippen MR) is 348 cm³/mol. The zero-order valence-corrected chi connectivity index (χ0v) is 53.1. The molecule has 0 fully saturated rings. The molecule has 0 aromatic rings. The number of hydrogen-bond donors (Lipinski definition) is 0. The summed E-state index contributed by atoms with van der Waals surface area (Å²) in [5.74, 6) is -0.887. The molecule has 0 aliphatic rings. The van der Waals surface area contributed by atoms with Crippen LogP contribution in [0.1, 0.15) is 348 Å². The van der Waals surface area contributed by atoms with E-state index in [9.17, 15) is 14.4 Å². The van der Waals surface area contributed by atoms with Crippen LogP contribution < -0.4 is 0 Å². The topological polar surface area (TPSA) is 78.9 Å². The number of carbonyl (C=O) groups is 3. The summed E-state index contributed by atoms with van der Waals surface area (Å²) >= 11 is 0. The third-order valence-corrected chi connectivity index (χ3v) is 15.1. The fourth-order valence-electron chi connectivity index (χ4n) is 9.93. The summed E-state index contributed by atoms with van der Waals surface area (Å²) in [5.41, 5.74) is 0. The molecule has 0 aliphatic heterocycles. The van der Waals surface area contributed by atoms with Crippen LogP contribution in [0, 0.1) is 0 Å². The maximum atomic E-state index is 12.9. The molecular formula is C74H130O6. The Labute approximate surface area is 496 Å². The minimum Gasteiger partial charge on any atom is -0.462 e. The first kappa shape index (κ1) is 76.6. The highest BCUT2D eigenvalue weighted by Crippen LogP contribution is 2.17. The van der Waals surface area contributed by atoms with Gasteiger partial charge in [-0.2, -0.15) is 0 Å². The van der Waals surface area contributed by atoms with E-state index in [1.165, 1.54) is 205 Å². The van der Waals surface area contributed by atoms with Crippen molar-refractivity contribution < 1.29 is 28.6 Å². The minimum absolute atomic E-state index is 0.0815. The Kier molecular flexibility index (Phi) is 65.2. The lowest BCUT2D eigenvalue weighted by molar-refractivity contribution is -0.167. The number of unbranched alkanes of at least 4 members (excludes halogenated alkanes) is 38. The SMILES string of the molecule is CC/C=C\C/C=C\C/C=C\C/C=C\C/C=C\CCCCCCCCCC(=O)OC(COC(=O)CCCCCCC/C=C\CCCCC)COC(=O)CCCCCCCCCCCCCCCCC/C=C\CCCCCCCCCC. The van der Waals surface area contributed by atoms with Crippen molar-refractivity contribution in [3.05, 3.63) is 85.1 Å². The average Bonchev–Trinajstić information content (AvgIpc) is 3.46. The van der Waals surface area contributed by atoms with Gasteiger partial charge in [0.1, 0.15) is 13.2 Å². The van der Waals surface area contributed by atoms with Crippen molar-refractivity contribution >= 4 is 17.9 Å². The van der Waals surface area contributed by atoms with Gasteiger partial charge < -0.3 is 14.2 Å². The molecule has 1 unspecified atom stereocenters. The highest BCUT2D eigenvalue weighted by atomic mass is 16.6. The van der Waals surface area contributed by atoms with E-state index in [4.69, 9.17) is 14.2 Å². The molecule has 0 saturated carbocycles. The molecule has 0 spiro atoms. The van der Waals surface area contributed by atoms with Crippen molar-refractivity contribution in [3.63, 3.8) is 0 Å². The lowest BCUT2D eigenvalue weighted by atomic mass is 10.0. The van der Waals surface area contributed by atoms with E-state index in [1.807, 2.05) is 0 Å². The average molecular weight is 1120 g/mol. The molecule has 462 valence electrons. The third-order valence-electron chi connectivity index (χ3n) is 15.1. The van der Waals surface area contributed by atoms with E-state index < -0.39 is 6.10 Å². The van der Waals surface area contributed by atoms with Gasteiger partial charge in [-0.3, -0.25) is 14.4 Å². The molecule has 0 radical (unpaired) electrons. The van der Waals surface area contributed by atoms with Gasteiger partial charge in [-0.05, 0) is 116 Å². The van der Waals surface area contributed by atoms with Crippen LogP contribution in [0.4, 0.5) is 0 Å². The molecule has 0 heterocycles. The van der Waals surface area contributed by atoms with Gasteiger partial charge in [-0.1, -0.05) is 298 Å². The molecule has 0 aromatic heterocycles. The van der Waals surface area contributed by atoms with Crippen LogP contribution in [0.2, 0.25) is 0 Å². The molecule has 0 N–H and O–H groups in total. The highest BCUT2D eigenvalue weighted by molar-refractivity contribution is 5.71. The van der Waals surface area contributed by atoms with Crippen molar-refractivity contribution in [1.29, 1.82) is 0 Å². The van der Waals surface area contributed by atoms with Crippen molar-refractivity contribution in [2.75, 3.05) is 13.2 Å².